The maximum absolute atomic E-state index is 12.4. The summed E-state index contributed by atoms with van der Waals surface area (Å²) in [4.78, 5) is 11.9. The molecule has 0 aromatic carbocycles. The Morgan fingerprint density at radius 1 is 1.79 bits per heavy atom. The summed E-state index contributed by atoms with van der Waals surface area (Å²) in [5.41, 5.74) is 0.870. The van der Waals surface area contributed by atoms with Crippen LogP contribution in [-0.2, 0) is 0 Å². The Morgan fingerprint density at radius 2 is 2.43 bits per heavy atom. The standard InChI is InChI=1S/C9H11ClFNOS/c1-5-3-7(14-8(5)10)9(13)12-4-6(2)11/h3,6H,4H2,1-2H3,(H,12,13). The normalized spacial score (nSPS) is 12.6. The van der Waals surface area contributed by atoms with E-state index >= 15 is 0 Å². The average Bonchev–Trinajstić information content (AvgIpc) is 2.43. The SMILES string of the molecule is Cc1cc(C(=O)NCC(C)F)sc1Cl. The van der Waals surface area contributed by atoms with E-state index in [1.807, 2.05) is 6.92 Å². The molecule has 1 aromatic rings. The van der Waals surface area contributed by atoms with Gasteiger partial charge in [-0.05, 0) is 25.5 Å². The molecule has 1 atom stereocenters. The van der Waals surface area contributed by atoms with Gasteiger partial charge < -0.3 is 5.32 Å². The van der Waals surface area contributed by atoms with Crippen molar-refractivity contribution in [3.63, 3.8) is 0 Å². The maximum Gasteiger partial charge on any atom is 0.261 e. The molecular weight excluding hydrogens is 225 g/mol. The fourth-order valence-corrected chi connectivity index (χ4v) is 2.01. The Hall–Kier alpha value is -0.610. The quantitative estimate of drug-likeness (QED) is 0.858. The summed E-state index contributed by atoms with van der Waals surface area (Å²) >= 11 is 7.01. The first-order valence-corrected chi connectivity index (χ1v) is 5.38. The number of nitrogens with one attached hydrogen (secondary N) is 1. The number of rotatable bonds is 3. The second-order valence-electron chi connectivity index (χ2n) is 3.06. The minimum atomic E-state index is -1.03. The Labute approximate surface area is 91.1 Å². The first-order valence-electron chi connectivity index (χ1n) is 4.19. The van der Waals surface area contributed by atoms with Crippen molar-refractivity contribution in [3.05, 3.63) is 20.8 Å². The Morgan fingerprint density at radius 3 is 2.86 bits per heavy atom. The number of alkyl halides is 1. The van der Waals surface area contributed by atoms with Gasteiger partial charge in [0.15, 0.2) is 0 Å². The molecule has 1 amide bonds. The third kappa shape index (κ3) is 2.96. The van der Waals surface area contributed by atoms with Gasteiger partial charge in [0.25, 0.3) is 5.91 Å². The molecule has 2 nitrogen and oxygen atoms in total. The molecule has 1 heterocycles. The van der Waals surface area contributed by atoms with Crippen LogP contribution in [0.5, 0.6) is 0 Å². The highest BCUT2D eigenvalue weighted by molar-refractivity contribution is 7.18. The van der Waals surface area contributed by atoms with Crippen molar-refractivity contribution >= 4 is 28.8 Å². The van der Waals surface area contributed by atoms with Crippen molar-refractivity contribution in [2.75, 3.05) is 6.54 Å². The van der Waals surface area contributed by atoms with Crippen LogP contribution in [-0.4, -0.2) is 18.6 Å². The van der Waals surface area contributed by atoms with E-state index in [-0.39, 0.29) is 12.5 Å². The van der Waals surface area contributed by atoms with Crippen LogP contribution in [0.4, 0.5) is 4.39 Å². The number of carbonyl (C=O) groups excluding carboxylic acids is 1. The summed E-state index contributed by atoms with van der Waals surface area (Å²) < 4.78 is 13.0. The largest absolute Gasteiger partial charge is 0.348 e. The van der Waals surface area contributed by atoms with Crippen LogP contribution in [0.2, 0.25) is 4.34 Å². The molecule has 5 heteroatoms. The summed E-state index contributed by atoms with van der Waals surface area (Å²) in [5.74, 6) is -0.269. The van der Waals surface area contributed by atoms with Gasteiger partial charge in [0.1, 0.15) is 6.17 Å². The zero-order valence-electron chi connectivity index (χ0n) is 7.93. The van der Waals surface area contributed by atoms with Crippen LogP contribution >= 0.6 is 22.9 Å². The molecule has 0 aliphatic carbocycles. The van der Waals surface area contributed by atoms with Crippen LogP contribution in [0.3, 0.4) is 0 Å². The second-order valence-corrected chi connectivity index (χ2v) is 4.71. The minimum Gasteiger partial charge on any atom is -0.348 e. The fraction of sp³-hybridized carbons (Fsp3) is 0.444. The molecule has 0 radical (unpaired) electrons. The van der Waals surface area contributed by atoms with E-state index in [0.717, 1.165) is 5.56 Å². The smallest absolute Gasteiger partial charge is 0.261 e. The summed E-state index contributed by atoms with van der Waals surface area (Å²) in [7, 11) is 0. The van der Waals surface area contributed by atoms with Crippen molar-refractivity contribution < 1.29 is 9.18 Å². The lowest BCUT2D eigenvalue weighted by Gasteiger charge is -2.02. The summed E-state index contributed by atoms with van der Waals surface area (Å²) in [6, 6.07) is 1.70. The van der Waals surface area contributed by atoms with Crippen molar-refractivity contribution in [1.29, 1.82) is 0 Å². The number of halogens is 2. The third-order valence-corrected chi connectivity index (χ3v) is 3.18. The number of amides is 1. The summed E-state index contributed by atoms with van der Waals surface area (Å²) in [6.07, 6.45) is -1.03. The molecule has 0 spiro atoms. The molecule has 0 fully saturated rings. The zero-order valence-corrected chi connectivity index (χ0v) is 9.51. The highest BCUT2D eigenvalue weighted by Gasteiger charge is 2.11. The molecule has 0 aliphatic heterocycles. The highest BCUT2D eigenvalue weighted by Crippen LogP contribution is 2.26. The van der Waals surface area contributed by atoms with E-state index in [1.54, 1.807) is 6.07 Å². The predicted octanol–water partition coefficient (Wildman–Crippen LogP) is 2.80. The van der Waals surface area contributed by atoms with Gasteiger partial charge in [-0.3, -0.25) is 4.79 Å². The topological polar surface area (TPSA) is 29.1 Å². The molecule has 1 rings (SSSR count). The maximum atomic E-state index is 12.4. The van der Waals surface area contributed by atoms with Gasteiger partial charge in [0.2, 0.25) is 0 Å². The van der Waals surface area contributed by atoms with Gasteiger partial charge in [-0.25, -0.2) is 4.39 Å². The van der Waals surface area contributed by atoms with E-state index in [1.165, 1.54) is 18.3 Å². The van der Waals surface area contributed by atoms with Crippen LogP contribution in [0, 0.1) is 6.92 Å². The number of carbonyl (C=O) groups is 1. The second kappa shape index (κ2) is 4.75. The van der Waals surface area contributed by atoms with Crippen molar-refractivity contribution in [2.24, 2.45) is 0 Å². The highest BCUT2D eigenvalue weighted by atomic mass is 35.5. The first kappa shape index (κ1) is 11.5. The van der Waals surface area contributed by atoms with Crippen LogP contribution < -0.4 is 5.32 Å². The summed E-state index contributed by atoms with van der Waals surface area (Å²) in [6.45, 7) is 3.26. The lowest BCUT2D eigenvalue weighted by Crippen LogP contribution is -2.28. The van der Waals surface area contributed by atoms with Crippen molar-refractivity contribution in [1.82, 2.24) is 5.32 Å². The van der Waals surface area contributed by atoms with Gasteiger partial charge in [0.05, 0.1) is 9.21 Å². The molecule has 0 saturated carbocycles. The van der Waals surface area contributed by atoms with E-state index in [4.69, 9.17) is 11.6 Å². The lowest BCUT2D eigenvalue weighted by molar-refractivity contribution is 0.0947. The molecule has 0 saturated heterocycles. The number of hydrogen-bond acceptors (Lipinski definition) is 2. The lowest BCUT2D eigenvalue weighted by atomic mass is 10.3. The van der Waals surface area contributed by atoms with E-state index < -0.39 is 6.17 Å². The van der Waals surface area contributed by atoms with E-state index in [2.05, 4.69) is 5.32 Å². The van der Waals surface area contributed by atoms with Crippen molar-refractivity contribution in [2.45, 2.75) is 20.0 Å². The van der Waals surface area contributed by atoms with Gasteiger partial charge >= 0.3 is 0 Å². The fourth-order valence-electron chi connectivity index (χ4n) is 0.892. The van der Waals surface area contributed by atoms with Crippen LogP contribution in [0.25, 0.3) is 0 Å². The predicted molar refractivity (Wildman–Crippen MR) is 57.0 cm³/mol. The Balaban J connectivity index is 2.61. The molecule has 78 valence electrons. The number of hydrogen-bond donors (Lipinski definition) is 1. The molecule has 14 heavy (non-hydrogen) atoms. The molecule has 1 aromatic heterocycles. The number of aryl methyl sites for hydroxylation is 1. The molecular formula is C9H11ClFNOS. The van der Waals surface area contributed by atoms with E-state index in [0.29, 0.717) is 9.21 Å². The monoisotopic (exact) mass is 235 g/mol. The third-order valence-electron chi connectivity index (χ3n) is 1.62. The summed E-state index contributed by atoms with van der Waals surface area (Å²) in [5, 5.41) is 2.48. The van der Waals surface area contributed by atoms with Crippen molar-refractivity contribution in [3.8, 4) is 0 Å². The molecule has 0 bridgehead atoms. The molecule has 1 N–H and O–H groups in total. The van der Waals surface area contributed by atoms with Crippen LogP contribution in [0.15, 0.2) is 6.07 Å². The Bertz CT molecular complexity index is 318. The van der Waals surface area contributed by atoms with Crippen LogP contribution in [0.1, 0.15) is 22.2 Å². The number of thiophene rings is 1. The molecule has 0 aliphatic rings. The average molecular weight is 236 g/mol. The zero-order chi connectivity index (χ0) is 10.7. The van der Waals surface area contributed by atoms with Gasteiger partial charge in [0, 0.05) is 6.54 Å². The minimum absolute atomic E-state index is 0.0351. The van der Waals surface area contributed by atoms with E-state index in [9.17, 15) is 9.18 Å². The first-order chi connectivity index (χ1) is 6.50. The Kier molecular flexibility index (Phi) is 3.89. The van der Waals surface area contributed by atoms with Gasteiger partial charge in [-0.1, -0.05) is 11.6 Å². The van der Waals surface area contributed by atoms with Gasteiger partial charge in [-0.15, -0.1) is 11.3 Å². The van der Waals surface area contributed by atoms with Gasteiger partial charge in [-0.2, -0.15) is 0 Å². The molecule has 1 unspecified atom stereocenters.